The molecule has 7 heteroatoms. The quantitative estimate of drug-likeness (QED) is 0.776. The molecule has 2 aliphatic rings. The summed E-state index contributed by atoms with van der Waals surface area (Å²) < 4.78 is 17.0. The molecule has 1 fully saturated rings. The molecule has 32 heavy (non-hydrogen) atoms. The van der Waals surface area contributed by atoms with Crippen molar-refractivity contribution in [1.82, 2.24) is 10.2 Å². The van der Waals surface area contributed by atoms with Crippen LogP contribution in [0.1, 0.15) is 40.7 Å². The number of amides is 2. The number of aryl methyl sites for hydroxylation is 2. The molecule has 0 atom stereocenters. The topological polar surface area (TPSA) is 77.1 Å². The summed E-state index contributed by atoms with van der Waals surface area (Å²) in [6.45, 7) is 3.65. The predicted octanol–water partition coefficient (Wildman–Crippen LogP) is 3.13. The summed E-state index contributed by atoms with van der Waals surface area (Å²) in [6, 6.07) is 11.3. The van der Waals surface area contributed by atoms with Crippen molar-refractivity contribution in [2.75, 3.05) is 33.9 Å². The van der Waals surface area contributed by atoms with Crippen LogP contribution in [0, 0.1) is 6.92 Å². The Kier molecular flexibility index (Phi) is 6.26. The lowest BCUT2D eigenvalue weighted by Gasteiger charge is -2.41. The molecule has 0 aromatic heterocycles. The van der Waals surface area contributed by atoms with Crippen LogP contribution in [-0.2, 0) is 11.2 Å². The molecule has 2 amide bonds. The van der Waals surface area contributed by atoms with Crippen LogP contribution in [-0.4, -0.2) is 56.2 Å². The summed E-state index contributed by atoms with van der Waals surface area (Å²) in [5.74, 6) is 2.00. The minimum absolute atomic E-state index is 0.141. The Morgan fingerprint density at radius 3 is 2.62 bits per heavy atom. The zero-order valence-corrected chi connectivity index (χ0v) is 18.9. The summed E-state index contributed by atoms with van der Waals surface area (Å²) in [7, 11) is 3.23. The molecule has 4 rings (SSSR count). The van der Waals surface area contributed by atoms with E-state index in [-0.39, 0.29) is 11.8 Å². The second-order valence-electron chi connectivity index (χ2n) is 8.51. The number of piperidine rings is 1. The number of ether oxygens (including phenoxy) is 3. The van der Waals surface area contributed by atoms with Crippen LogP contribution in [0.15, 0.2) is 36.4 Å². The Bertz CT molecular complexity index is 1010. The molecule has 0 saturated carbocycles. The highest BCUT2D eigenvalue weighted by molar-refractivity contribution is 5.97. The van der Waals surface area contributed by atoms with Crippen LogP contribution in [0.25, 0.3) is 0 Å². The standard InChI is InChI=1S/C25H30N2O5/c1-17-4-5-18(14-22(17)31-3)6-9-23(28)27-12-10-25(11-13-27)16-26-24(29)20-15-19(30-2)7-8-21(20)32-25/h4-5,7-8,14-15H,6,9-13,16H2,1-3H3,(H,26,29). The average molecular weight is 439 g/mol. The van der Waals surface area contributed by atoms with Crippen molar-refractivity contribution in [2.45, 2.75) is 38.2 Å². The zero-order chi connectivity index (χ0) is 22.7. The maximum Gasteiger partial charge on any atom is 0.255 e. The van der Waals surface area contributed by atoms with Gasteiger partial charge in [0.05, 0.1) is 26.3 Å². The lowest BCUT2D eigenvalue weighted by Crippen LogP contribution is -2.54. The second kappa shape index (κ2) is 9.10. The van der Waals surface area contributed by atoms with E-state index >= 15 is 0 Å². The first-order valence-corrected chi connectivity index (χ1v) is 11.0. The van der Waals surface area contributed by atoms with Gasteiger partial charge in [0.25, 0.3) is 5.91 Å². The molecule has 1 spiro atoms. The molecular formula is C25H30N2O5. The molecule has 2 aromatic carbocycles. The van der Waals surface area contributed by atoms with E-state index < -0.39 is 5.60 Å². The summed E-state index contributed by atoms with van der Waals surface area (Å²) in [5.41, 5.74) is 2.15. The molecule has 1 saturated heterocycles. The normalized spacial score (nSPS) is 17.1. The largest absolute Gasteiger partial charge is 0.497 e. The van der Waals surface area contributed by atoms with Crippen LogP contribution in [0.3, 0.4) is 0 Å². The number of carbonyl (C=O) groups excluding carboxylic acids is 2. The second-order valence-corrected chi connectivity index (χ2v) is 8.51. The molecule has 0 radical (unpaired) electrons. The van der Waals surface area contributed by atoms with Crippen LogP contribution < -0.4 is 19.5 Å². The van der Waals surface area contributed by atoms with E-state index in [1.807, 2.05) is 30.0 Å². The number of methoxy groups -OCH3 is 2. The predicted molar refractivity (Wildman–Crippen MR) is 121 cm³/mol. The van der Waals surface area contributed by atoms with Gasteiger partial charge in [-0.3, -0.25) is 9.59 Å². The monoisotopic (exact) mass is 438 g/mol. The van der Waals surface area contributed by atoms with E-state index in [4.69, 9.17) is 14.2 Å². The Morgan fingerprint density at radius 2 is 1.91 bits per heavy atom. The maximum atomic E-state index is 12.8. The number of nitrogens with one attached hydrogen (secondary N) is 1. The SMILES string of the molecule is COc1ccc2c(c1)C(=O)NCC1(CCN(C(=O)CCc3ccc(C)c(OC)c3)CC1)O2. The number of likely N-dealkylation sites (tertiary alicyclic amines) is 1. The molecule has 170 valence electrons. The molecule has 0 unspecified atom stereocenters. The molecule has 0 aliphatic carbocycles. The van der Waals surface area contributed by atoms with Gasteiger partial charge in [-0.25, -0.2) is 0 Å². The number of hydrogen-bond donors (Lipinski definition) is 1. The van der Waals surface area contributed by atoms with Gasteiger partial charge >= 0.3 is 0 Å². The van der Waals surface area contributed by atoms with Gasteiger partial charge in [-0.05, 0) is 48.7 Å². The van der Waals surface area contributed by atoms with Crippen molar-refractivity contribution in [3.63, 3.8) is 0 Å². The highest BCUT2D eigenvalue weighted by atomic mass is 16.5. The highest BCUT2D eigenvalue weighted by Crippen LogP contribution is 2.34. The van der Waals surface area contributed by atoms with Gasteiger partial charge in [-0.2, -0.15) is 0 Å². The fourth-order valence-electron chi connectivity index (χ4n) is 4.38. The van der Waals surface area contributed by atoms with Gasteiger partial charge in [0.15, 0.2) is 0 Å². The first-order valence-electron chi connectivity index (χ1n) is 11.0. The minimum atomic E-state index is -0.503. The zero-order valence-electron chi connectivity index (χ0n) is 18.9. The van der Waals surface area contributed by atoms with Crippen LogP contribution in [0.5, 0.6) is 17.2 Å². The summed E-state index contributed by atoms with van der Waals surface area (Å²) in [4.78, 5) is 27.3. The van der Waals surface area contributed by atoms with Crippen molar-refractivity contribution in [2.24, 2.45) is 0 Å². The fraction of sp³-hybridized carbons (Fsp3) is 0.440. The smallest absolute Gasteiger partial charge is 0.255 e. The molecule has 2 heterocycles. The van der Waals surface area contributed by atoms with E-state index in [1.165, 1.54) is 0 Å². The molecule has 7 nitrogen and oxygen atoms in total. The Morgan fingerprint density at radius 1 is 1.12 bits per heavy atom. The van der Waals surface area contributed by atoms with Gasteiger partial charge in [0.2, 0.25) is 5.91 Å². The van der Waals surface area contributed by atoms with Gasteiger partial charge < -0.3 is 24.4 Å². The maximum absolute atomic E-state index is 12.8. The average Bonchev–Trinajstić information content (AvgIpc) is 2.95. The van der Waals surface area contributed by atoms with Crippen molar-refractivity contribution in [3.8, 4) is 17.2 Å². The number of hydrogen-bond acceptors (Lipinski definition) is 5. The van der Waals surface area contributed by atoms with E-state index in [9.17, 15) is 9.59 Å². The summed E-state index contributed by atoms with van der Waals surface area (Å²) in [6.07, 6.45) is 2.48. The third kappa shape index (κ3) is 4.52. The number of carbonyl (C=O) groups is 2. The van der Waals surface area contributed by atoms with Crippen molar-refractivity contribution < 1.29 is 23.8 Å². The van der Waals surface area contributed by atoms with E-state index in [2.05, 4.69) is 5.32 Å². The third-order valence-corrected chi connectivity index (χ3v) is 6.46. The lowest BCUT2D eigenvalue weighted by atomic mass is 9.90. The number of nitrogens with zero attached hydrogens (tertiary/aromatic N) is 1. The number of rotatable bonds is 5. The van der Waals surface area contributed by atoms with E-state index in [1.54, 1.807) is 32.4 Å². The molecule has 2 aromatic rings. The van der Waals surface area contributed by atoms with Crippen molar-refractivity contribution in [1.29, 1.82) is 0 Å². The van der Waals surface area contributed by atoms with E-state index in [0.717, 1.165) is 16.9 Å². The lowest BCUT2D eigenvalue weighted by molar-refractivity contribution is -0.134. The van der Waals surface area contributed by atoms with Crippen molar-refractivity contribution >= 4 is 11.8 Å². The number of fused-ring (bicyclic) bond motifs is 1. The van der Waals surface area contributed by atoms with Crippen molar-refractivity contribution in [3.05, 3.63) is 53.1 Å². The molecule has 1 N–H and O–H groups in total. The van der Waals surface area contributed by atoms with Crippen LogP contribution >= 0.6 is 0 Å². The van der Waals surface area contributed by atoms with Gasteiger partial charge in [0, 0.05) is 32.4 Å². The van der Waals surface area contributed by atoms with Gasteiger partial charge in [-0.1, -0.05) is 12.1 Å². The fourth-order valence-corrected chi connectivity index (χ4v) is 4.38. The first kappa shape index (κ1) is 22.0. The minimum Gasteiger partial charge on any atom is -0.497 e. The van der Waals surface area contributed by atoms with Gasteiger partial charge in [-0.15, -0.1) is 0 Å². The Hall–Kier alpha value is -3.22. The third-order valence-electron chi connectivity index (χ3n) is 6.46. The highest BCUT2D eigenvalue weighted by Gasteiger charge is 2.41. The summed E-state index contributed by atoms with van der Waals surface area (Å²) in [5, 5.41) is 2.98. The first-order chi connectivity index (χ1) is 15.4. The Labute approximate surface area is 188 Å². The summed E-state index contributed by atoms with van der Waals surface area (Å²) >= 11 is 0. The molecular weight excluding hydrogens is 408 g/mol. The van der Waals surface area contributed by atoms with Crippen LogP contribution in [0.4, 0.5) is 0 Å². The molecule has 0 bridgehead atoms. The molecule has 2 aliphatic heterocycles. The van der Waals surface area contributed by atoms with Gasteiger partial charge in [0.1, 0.15) is 22.8 Å². The van der Waals surface area contributed by atoms with Crippen LogP contribution in [0.2, 0.25) is 0 Å². The van der Waals surface area contributed by atoms with E-state index in [0.29, 0.717) is 62.4 Å². The Balaban J connectivity index is 1.36. The number of benzene rings is 2.